The highest BCUT2D eigenvalue weighted by molar-refractivity contribution is 6.05. The van der Waals surface area contributed by atoms with E-state index in [4.69, 9.17) is 4.74 Å². The van der Waals surface area contributed by atoms with Crippen LogP contribution in [0.25, 0.3) is 0 Å². The summed E-state index contributed by atoms with van der Waals surface area (Å²) in [7, 11) is 0. The molecule has 6 nitrogen and oxygen atoms in total. The number of aliphatic hydroxyl groups excluding tert-OH is 1. The van der Waals surface area contributed by atoms with E-state index in [1.807, 2.05) is 13.0 Å². The van der Waals surface area contributed by atoms with Crippen LogP contribution in [0.5, 0.6) is 5.75 Å². The Morgan fingerprint density at radius 1 is 0.968 bits per heavy atom. The van der Waals surface area contributed by atoms with Crippen LogP contribution in [0.4, 0.5) is 10.1 Å². The minimum atomic E-state index is -0.947. The van der Waals surface area contributed by atoms with Crippen molar-refractivity contribution >= 4 is 17.5 Å². The van der Waals surface area contributed by atoms with E-state index in [1.165, 1.54) is 24.3 Å². The molecule has 0 fully saturated rings. The molecule has 0 aliphatic carbocycles. The quantitative estimate of drug-likeness (QED) is 0.518. The van der Waals surface area contributed by atoms with Crippen molar-refractivity contribution in [3.8, 4) is 5.75 Å². The molecular weight excluding hydrogens is 399 g/mol. The number of hydrogen-bond acceptors (Lipinski definition) is 4. The number of carbonyl (C=O) groups is 2. The van der Waals surface area contributed by atoms with Crippen molar-refractivity contribution < 1.29 is 23.8 Å². The van der Waals surface area contributed by atoms with Gasteiger partial charge >= 0.3 is 0 Å². The Morgan fingerprint density at radius 3 is 2.39 bits per heavy atom. The summed E-state index contributed by atoms with van der Waals surface area (Å²) in [5, 5.41) is 15.5. The monoisotopic (exact) mass is 422 g/mol. The van der Waals surface area contributed by atoms with Gasteiger partial charge in [0.05, 0.1) is 0 Å². The van der Waals surface area contributed by atoms with Gasteiger partial charge in [0.25, 0.3) is 11.8 Å². The first-order chi connectivity index (χ1) is 14.9. The third-order valence-electron chi connectivity index (χ3n) is 4.54. The fourth-order valence-corrected chi connectivity index (χ4v) is 2.78. The summed E-state index contributed by atoms with van der Waals surface area (Å²) < 4.78 is 18.3. The van der Waals surface area contributed by atoms with Crippen LogP contribution in [0.1, 0.15) is 26.3 Å². The molecule has 7 heteroatoms. The molecule has 3 aromatic carbocycles. The van der Waals surface area contributed by atoms with E-state index < -0.39 is 12.0 Å². The normalized spacial score (nSPS) is 11.5. The van der Waals surface area contributed by atoms with Crippen molar-refractivity contribution in [3.05, 3.63) is 95.3 Å². The van der Waals surface area contributed by atoms with Gasteiger partial charge in [0.2, 0.25) is 0 Å². The van der Waals surface area contributed by atoms with Gasteiger partial charge < -0.3 is 20.5 Å². The van der Waals surface area contributed by atoms with Crippen LogP contribution in [0, 0.1) is 12.7 Å². The fraction of sp³-hybridized carbons (Fsp3) is 0.167. The Bertz CT molecular complexity index is 1040. The number of hydrogen-bond donors (Lipinski definition) is 3. The molecule has 3 N–H and O–H groups in total. The van der Waals surface area contributed by atoms with Crippen molar-refractivity contribution in [2.75, 3.05) is 18.5 Å². The molecule has 0 aliphatic rings. The van der Waals surface area contributed by atoms with Crippen LogP contribution >= 0.6 is 0 Å². The van der Waals surface area contributed by atoms with Crippen LogP contribution in [0.2, 0.25) is 0 Å². The molecule has 0 radical (unpaired) electrons. The van der Waals surface area contributed by atoms with E-state index in [0.29, 0.717) is 22.6 Å². The molecule has 0 aromatic heterocycles. The van der Waals surface area contributed by atoms with E-state index in [1.54, 1.807) is 42.5 Å². The number of rotatable bonds is 8. The molecular formula is C24H23FN2O4. The van der Waals surface area contributed by atoms with Gasteiger partial charge in [0.1, 0.15) is 24.3 Å². The number of halogens is 1. The average Bonchev–Trinajstić information content (AvgIpc) is 2.79. The second-order valence-corrected chi connectivity index (χ2v) is 6.98. The first kappa shape index (κ1) is 22.0. The van der Waals surface area contributed by atoms with Crippen molar-refractivity contribution in [2.24, 2.45) is 0 Å². The molecule has 0 spiro atoms. The van der Waals surface area contributed by atoms with Crippen molar-refractivity contribution in [1.82, 2.24) is 5.32 Å². The van der Waals surface area contributed by atoms with Crippen molar-refractivity contribution in [1.29, 1.82) is 0 Å². The minimum Gasteiger partial charge on any atom is -0.491 e. The van der Waals surface area contributed by atoms with E-state index >= 15 is 0 Å². The maximum Gasteiger partial charge on any atom is 0.255 e. The van der Waals surface area contributed by atoms with Crippen LogP contribution in [0.15, 0.2) is 72.8 Å². The summed E-state index contributed by atoms with van der Waals surface area (Å²) in [5.41, 5.74) is 2.21. The Hall–Kier alpha value is -3.71. The van der Waals surface area contributed by atoms with Crippen LogP contribution in [0.3, 0.4) is 0 Å². The topological polar surface area (TPSA) is 87.7 Å². The lowest BCUT2D eigenvalue weighted by Gasteiger charge is -2.14. The number of ether oxygens (including phenoxy) is 1. The predicted octanol–water partition coefficient (Wildman–Crippen LogP) is 3.56. The predicted molar refractivity (Wildman–Crippen MR) is 116 cm³/mol. The van der Waals surface area contributed by atoms with Gasteiger partial charge in [-0.1, -0.05) is 24.3 Å². The zero-order chi connectivity index (χ0) is 22.2. The van der Waals surface area contributed by atoms with Crippen molar-refractivity contribution in [3.63, 3.8) is 0 Å². The molecule has 0 aliphatic heterocycles. The number of nitrogens with one attached hydrogen (secondary N) is 2. The zero-order valence-corrected chi connectivity index (χ0v) is 17.0. The number of amides is 2. The molecule has 3 rings (SSSR count). The minimum absolute atomic E-state index is 0.0282. The van der Waals surface area contributed by atoms with Gasteiger partial charge in [-0.05, 0) is 61.0 Å². The zero-order valence-electron chi connectivity index (χ0n) is 17.0. The standard InChI is InChI=1S/C24H23FN2O4/c1-16-7-8-18(13-22(16)27-24(30)17-5-3-2-4-6-17)23(29)26-14-20(28)15-31-21-11-9-19(25)10-12-21/h2-13,20,28H,14-15H2,1H3,(H,26,29)(H,27,30)/t20-/m1/s1. The molecule has 160 valence electrons. The highest BCUT2D eigenvalue weighted by atomic mass is 19.1. The van der Waals surface area contributed by atoms with Crippen molar-refractivity contribution in [2.45, 2.75) is 13.0 Å². The van der Waals surface area contributed by atoms with Crippen LogP contribution in [-0.4, -0.2) is 36.2 Å². The Balaban J connectivity index is 1.54. The number of anilines is 1. The molecule has 2 amide bonds. The lowest BCUT2D eigenvalue weighted by molar-refractivity contribution is 0.0843. The van der Waals surface area contributed by atoms with Crippen LogP contribution < -0.4 is 15.4 Å². The number of benzene rings is 3. The molecule has 0 saturated heterocycles. The van der Waals surface area contributed by atoms with Gasteiger partial charge in [0.15, 0.2) is 0 Å². The highest BCUT2D eigenvalue weighted by Gasteiger charge is 2.13. The second kappa shape index (κ2) is 10.4. The van der Waals surface area contributed by atoms with E-state index in [-0.39, 0.29) is 24.9 Å². The Morgan fingerprint density at radius 2 is 1.68 bits per heavy atom. The maximum absolute atomic E-state index is 12.9. The Kier molecular flexibility index (Phi) is 7.35. The van der Waals surface area contributed by atoms with E-state index in [2.05, 4.69) is 10.6 Å². The SMILES string of the molecule is Cc1ccc(C(=O)NC[C@@H](O)COc2ccc(F)cc2)cc1NC(=O)c1ccccc1. The summed E-state index contributed by atoms with van der Waals surface area (Å²) in [4.78, 5) is 24.9. The molecule has 0 unspecified atom stereocenters. The molecule has 3 aromatic rings. The first-order valence-electron chi connectivity index (χ1n) is 9.74. The van der Waals surface area contributed by atoms with Gasteiger partial charge in [-0.25, -0.2) is 4.39 Å². The second-order valence-electron chi connectivity index (χ2n) is 6.98. The smallest absolute Gasteiger partial charge is 0.255 e. The lowest BCUT2D eigenvalue weighted by Crippen LogP contribution is -2.35. The summed E-state index contributed by atoms with van der Waals surface area (Å²) >= 11 is 0. The average molecular weight is 422 g/mol. The molecule has 0 bridgehead atoms. The summed E-state index contributed by atoms with van der Waals surface area (Å²) in [6.07, 6.45) is -0.947. The molecule has 1 atom stereocenters. The van der Waals surface area contributed by atoms with Gasteiger partial charge in [-0.3, -0.25) is 9.59 Å². The lowest BCUT2D eigenvalue weighted by atomic mass is 10.1. The maximum atomic E-state index is 12.9. The third kappa shape index (κ3) is 6.38. The fourth-order valence-electron chi connectivity index (χ4n) is 2.78. The van der Waals surface area contributed by atoms with E-state index in [0.717, 1.165) is 5.56 Å². The van der Waals surface area contributed by atoms with Crippen LogP contribution in [-0.2, 0) is 0 Å². The Labute approximate surface area is 179 Å². The highest BCUT2D eigenvalue weighted by Crippen LogP contribution is 2.18. The molecule has 31 heavy (non-hydrogen) atoms. The number of aryl methyl sites for hydroxylation is 1. The molecule has 0 saturated carbocycles. The first-order valence-corrected chi connectivity index (χ1v) is 9.74. The van der Waals surface area contributed by atoms with Gasteiger partial charge in [0, 0.05) is 23.4 Å². The number of aliphatic hydroxyl groups is 1. The summed E-state index contributed by atoms with van der Waals surface area (Å²) in [5.74, 6) is -0.618. The largest absolute Gasteiger partial charge is 0.491 e. The summed E-state index contributed by atoms with van der Waals surface area (Å²) in [6.45, 7) is 1.75. The van der Waals surface area contributed by atoms with Gasteiger partial charge in [-0.15, -0.1) is 0 Å². The summed E-state index contributed by atoms with van der Waals surface area (Å²) in [6, 6.07) is 19.2. The third-order valence-corrected chi connectivity index (χ3v) is 4.54. The number of carbonyl (C=O) groups excluding carboxylic acids is 2. The molecule has 0 heterocycles. The van der Waals surface area contributed by atoms with Gasteiger partial charge in [-0.2, -0.15) is 0 Å². The van der Waals surface area contributed by atoms with E-state index in [9.17, 15) is 19.1 Å².